The first-order valence-electron chi connectivity index (χ1n) is 7.68. The summed E-state index contributed by atoms with van der Waals surface area (Å²) in [5.74, 6) is 0. The first-order chi connectivity index (χ1) is 10.2. The molecule has 0 aliphatic carbocycles. The second kappa shape index (κ2) is 6.31. The lowest BCUT2D eigenvalue weighted by Crippen LogP contribution is -2.15. The molecule has 2 aromatic rings. The minimum Gasteiger partial charge on any atom is -0.376 e. The monoisotopic (exact) mass is 285 g/mol. The Balaban J connectivity index is 1.62. The highest BCUT2D eigenvalue weighted by atomic mass is 16.5. The van der Waals surface area contributed by atoms with E-state index in [2.05, 4.69) is 54.7 Å². The van der Waals surface area contributed by atoms with Gasteiger partial charge >= 0.3 is 0 Å². The number of aromatic nitrogens is 2. The largest absolute Gasteiger partial charge is 0.376 e. The molecule has 0 radical (unpaired) electrons. The summed E-state index contributed by atoms with van der Waals surface area (Å²) in [6, 6.07) is 8.75. The molecule has 1 aliphatic heterocycles. The van der Waals surface area contributed by atoms with Crippen molar-refractivity contribution >= 4 is 5.69 Å². The standard InChI is InChI=1S/C17H23N3O/c1-13-6-3-4-8-17(13)14(2)19-15-10-18-20(11-15)12-16-7-5-9-21-16/h3-4,6,8,10-11,14,16,19H,5,7,9,12H2,1-2H3. The highest BCUT2D eigenvalue weighted by Gasteiger charge is 2.16. The van der Waals surface area contributed by atoms with Crippen LogP contribution in [0.1, 0.15) is 36.9 Å². The highest BCUT2D eigenvalue weighted by Crippen LogP contribution is 2.22. The lowest BCUT2D eigenvalue weighted by atomic mass is 10.0. The predicted octanol–water partition coefficient (Wildman–Crippen LogP) is 3.54. The van der Waals surface area contributed by atoms with Crippen LogP contribution < -0.4 is 5.32 Å². The van der Waals surface area contributed by atoms with Crippen LogP contribution in [0.5, 0.6) is 0 Å². The molecule has 1 fully saturated rings. The van der Waals surface area contributed by atoms with Gasteiger partial charge in [0, 0.05) is 18.8 Å². The van der Waals surface area contributed by atoms with Gasteiger partial charge in [0.05, 0.1) is 24.5 Å². The van der Waals surface area contributed by atoms with Gasteiger partial charge in [-0.15, -0.1) is 0 Å². The second-order valence-corrected chi connectivity index (χ2v) is 5.81. The minimum absolute atomic E-state index is 0.270. The third-order valence-electron chi connectivity index (χ3n) is 4.09. The van der Waals surface area contributed by atoms with E-state index in [4.69, 9.17) is 4.74 Å². The molecule has 1 saturated heterocycles. The SMILES string of the molecule is Cc1ccccc1C(C)Nc1cnn(CC2CCCO2)c1. The van der Waals surface area contributed by atoms with E-state index in [1.807, 2.05) is 10.9 Å². The van der Waals surface area contributed by atoms with Gasteiger partial charge in [0.2, 0.25) is 0 Å². The average Bonchev–Trinajstić information content (AvgIpc) is 3.12. The molecule has 1 aliphatic rings. The van der Waals surface area contributed by atoms with Crippen LogP contribution >= 0.6 is 0 Å². The summed E-state index contributed by atoms with van der Waals surface area (Å²) in [6.45, 7) is 6.07. The molecule has 0 bridgehead atoms. The van der Waals surface area contributed by atoms with Crippen molar-refractivity contribution in [2.45, 2.75) is 45.4 Å². The Hall–Kier alpha value is -1.81. The van der Waals surface area contributed by atoms with Gasteiger partial charge < -0.3 is 10.1 Å². The smallest absolute Gasteiger partial charge is 0.0771 e. The van der Waals surface area contributed by atoms with Crippen molar-refractivity contribution in [1.82, 2.24) is 9.78 Å². The zero-order valence-corrected chi connectivity index (χ0v) is 12.7. The summed E-state index contributed by atoms with van der Waals surface area (Å²) in [5, 5.41) is 7.94. The van der Waals surface area contributed by atoms with Crippen molar-refractivity contribution < 1.29 is 4.74 Å². The number of nitrogens with zero attached hydrogens (tertiary/aromatic N) is 2. The number of hydrogen-bond acceptors (Lipinski definition) is 3. The molecular formula is C17H23N3O. The van der Waals surface area contributed by atoms with E-state index < -0.39 is 0 Å². The Kier molecular flexibility index (Phi) is 4.25. The second-order valence-electron chi connectivity index (χ2n) is 5.81. The molecule has 4 heteroatoms. The molecule has 112 valence electrons. The lowest BCUT2D eigenvalue weighted by molar-refractivity contribution is 0.0940. The van der Waals surface area contributed by atoms with Gasteiger partial charge in [-0.3, -0.25) is 4.68 Å². The Bertz CT molecular complexity index is 587. The molecule has 2 unspecified atom stereocenters. The summed E-state index contributed by atoms with van der Waals surface area (Å²) in [6.07, 6.45) is 6.59. The molecule has 2 heterocycles. The number of nitrogens with one attached hydrogen (secondary N) is 1. The van der Waals surface area contributed by atoms with Crippen LogP contribution in [0.15, 0.2) is 36.7 Å². The third-order valence-corrected chi connectivity index (χ3v) is 4.09. The zero-order chi connectivity index (χ0) is 14.7. The van der Waals surface area contributed by atoms with E-state index in [0.717, 1.165) is 25.3 Å². The van der Waals surface area contributed by atoms with Gasteiger partial charge in [-0.05, 0) is 37.8 Å². The van der Waals surface area contributed by atoms with Gasteiger partial charge in [-0.2, -0.15) is 5.10 Å². The number of rotatable bonds is 5. The maximum Gasteiger partial charge on any atom is 0.0771 e. The van der Waals surface area contributed by atoms with Gasteiger partial charge in [-0.1, -0.05) is 24.3 Å². The maximum absolute atomic E-state index is 5.65. The Morgan fingerprint density at radius 3 is 3.05 bits per heavy atom. The fourth-order valence-corrected chi connectivity index (χ4v) is 2.94. The first-order valence-corrected chi connectivity index (χ1v) is 7.68. The summed E-state index contributed by atoms with van der Waals surface area (Å²) in [4.78, 5) is 0. The third kappa shape index (κ3) is 3.45. The number of ether oxygens (including phenoxy) is 1. The van der Waals surface area contributed by atoms with E-state index in [1.54, 1.807) is 0 Å². The molecule has 1 aromatic carbocycles. The van der Waals surface area contributed by atoms with Crippen LogP contribution in [-0.2, 0) is 11.3 Å². The van der Waals surface area contributed by atoms with Crippen molar-refractivity contribution in [3.05, 3.63) is 47.8 Å². The number of hydrogen-bond donors (Lipinski definition) is 1. The van der Waals surface area contributed by atoms with Gasteiger partial charge in [-0.25, -0.2) is 0 Å². The van der Waals surface area contributed by atoms with E-state index in [9.17, 15) is 0 Å². The Morgan fingerprint density at radius 1 is 1.43 bits per heavy atom. The number of anilines is 1. The fourth-order valence-electron chi connectivity index (χ4n) is 2.94. The quantitative estimate of drug-likeness (QED) is 0.913. The van der Waals surface area contributed by atoms with Crippen molar-refractivity contribution in [2.24, 2.45) is 0 Å². The van der Waals surface area contributed by atoms with Gasteiger partial charge in [0.25, 0.3) is 0 Å². The molecular weight excluding hydrogens is 262 g/mol. The molecule has 0 spiro atoms. The summed E-state index contributed by atoms with van der Waals surface area (Å²) in [7, 11) is 0. The summed E-state index contributed by atoms with van der Waals surface area (Å²) < 4.78 is 7.63. The summed E-state index contributed by atoms with van der Waals surface area (Å²) in [5.41, 5.74) is 3.69. The Morgan fingerprint density at radius 2 is 2.29 bits per heavy atom. The molecule has 21 heavy (non-hydrogen) atoms. The van der Waals surface area contributed by atoms with Gasteiger partial charge in [0.15, 0.2) is 0 Å². The van der Waals surface area contributed by atoms with Crippen LogP contribution in [0.25, 0.3) is 0 Å². The molecule has 2 atom stereocenters. The topological polar surface area (TPSA) is 39.1 Å². The van der Waals surface area contributed by atoms with Gasteiger partial charge in [0.1, 0.15) is 0 Å². The molecule has 1 N–H and O–H groups in total. The van der Waals surface area contributed by atoms with Crippen LogP contribution in [0, 0.1) is 6.92 Å². The van der Waals surface area contributed by atoms with Crippen LogP contribution in [0.4, 0.5) is 5.69 Å². The van der Waals surface area contributed by atoms with E-state index in [1.165, 1.54) is 17.5 Å². The van der Waals surface area contributed by atoms with Crippen molar-refractivity contribution in [3.63, 3.8) is 0 Å². The van der Waals surface area contributed by atoms with E-state index in [0.29, 0.717) is 6.10 Å². The molecule has 4 nitrogen and oxygen atoms in total. The number of benzene rings is 1. The van der Waals surface area contributed by atoms with Crippen molar-refractivity contribution in [3.8, 4) is 0 Å². The maximum atomic E-state index is 5.65. The van der Waals surface area contributed by atoms with Crippen LogP contribution in [-0.4, -0.2) is 22.5 Å². The van der Waals surface area contributed by atoms with E-state index >= 15 is 0 Å². The van der Waals surface area contributed by atoms with Crippen LogP contribution in [0.2, 0.25) is 0 Å². The van der Waals surface area contributed by atoms with Crippen molar-refractivity contribution in [2.75, 3.05) is 11.9 Å². The molecule has 1 aromatic heterocycles. The average molecular weight is 285 g/mol. The normalized spacial score (nSPS) is 19.6. The fraction of sp³-hybridized carbons (Fsp3) is 0.471. The van der Waals surface area contributed by atoms with E-state index in [-0.39, 0.29) is 6.04 Å². The first kappa shape index (κ1) is 14.1. The minimum atomic E-state index is 0.270. The summed E-state index contributed by atoms with van der Waals surface area (Å²) >= 11 is 0. The number of aryl methyl sites for hydroxylation is 1. The van der Waals surface area contributed by atoms with Crippen LogP contribution in [0.3, 0.4) is 0 Å². The molecule has 0 amide bonds. The zero-order valence-electron chi connectivity index (χ0n) is 12.7. The highest BCUT2D eigenvalue weighted by molar-refractivity contribution is 5.43. The predicted molar refractivity (Wildman–Crippen MR) is 84.4 cm³/mol. The van der Waals surface area contributed by atoms with Crippen molar-refractivity contribution in [1.29, 1.82) is 0 Å². The lowest BCUT2D eigenvalue weighted by Gasteiger charge is -2.16. The molecule has 3 rings (SSSR count). The Labute approximate surface area is 126 Å². The molecule has 0 saturated carbocycles.